The van der Waals surface area contributed by atoms with Crippen LogP contribution in [0.4, 0.5) is 20.2 Å². The molecule has 32 heavy (non-hydrogen) atoms. The third kappa shape index (κ3) is 6.04. The molecule has 0 spiro atoms. The Morgan fingerprint density at radius 2 is 1.78 bits per heavy atom. The Morgan fingerprint density at radius 3 is 2.44 bits per heavy atom. The van der Waals surface area contributed by atoms with E-state index in [0.717, 1.165) is 42.7 Å². The van der Waals surface area contributed by atoms with E-state index in [2.05, 4.69) is 10.2 Å². The van der Waals surface area contributed by atoms with Crippen LogP contribution in [-0.2, 0) is 9.53 Å². The quantitative estimate of drug-likeness (QED) is 0.540. The largest absolute Gasteiger partial charge is 0.492 e. The molecule has 1 aliphatic rings. The van der Waals surface area contributed by atoms with Gasteiger partial charge in [-0.25, -0.2) is 8.78 Å². The average molecular weight is 467 g/mol. The average Bonchev–Trinajstić information content (AvgIpc) is 2.78. The van der Waals surface area contributed by atoms with E-state index >= 15 is 0 Å². The van der Waals surface area contributed by atoms with Crippen molar-refractivity contribution in [3.63, 3.8) is 0 Å². The molecule has 0 unspecified atom stereocenters. The molecule has 1 saturated heterocycles. The van der Waals surface area contributed by atoms with E-state index in [4.69, 9.17) is 14.2 Å². The minimum absolute atomic E-state index is 0.290. The summed E-state index contributed by atoms with van der Waals surface area (Å²) in [5.41, 5.74) is 1.39. The lowest BCUT2D eigenvalue weighted by molar-refractivity contribution is -0.115. The SMILES string of the molecule is CCOc1cc(N2CCOCC2)c(OCC)cc1NC(=O)[C@@H](C)Sc1ccc(F)c(F)c1. The number of halogens is 2. The Hall–Kier alpha value is -2.52. The van der Waals surface area contributed by atoms with Crippen LogP contribution in [0.2, 0.25) is 0 Å². The van der Waals surface area contributed by atoms with Gasteiger partial charge >= 0.3 is 0 Å². The van der Waals surface area contributed by atoms with Crippen LogP contribution in [0.25, 0.3) is 0 Å². The van der Waals surface area contributed by atoms with E-state index in [1.807, 2.05) is 19.9 Å². The van der Waals surface area contributed by atoms with Crippen molar-refractivity contribution >= 4 is 29.0 Å². The van der Waals surface area contributed by atoms with E-state index < -0.39 is 16.9 Å². The molecule has 174 valence electrons. The molecule has 1 N–H and O–H groups in total. The van der Waals surface area contributed by atoms with Crippen LogP contribution in [0.15, 0.2) is 35.2 Å². The highest BCUT2D eigenvalue weighted by atomic mass is 32.2. The molecule has 2 aromatic rings. The number of hydrogen-bond donors (Lipinski definition) is 1. The van der Waals surface area contributed by atoms with Crippen molar-refractivity contribution in [2.75, 3.05) is 49.7 Å². The molecule has 0 aromatic heterocycles. The fourth-order valence-corrected chi connectivity index (χ4v) is 4.18. The van der Waals surface area contributed by atoms with Gasteiger partial charge in [0, 0.05) is 30.1 Å². The van der Waals surface area contributed by atoms with Crippen LogP contribution >= 0.6 is 11.8 Å². The van der Waals surface area contributed by atoms with Gasteiger partial charge in [0.15, 0.2) is 11.6 Å². The van der Waals surface area contributed by atoms with Crippen molar-refractivity contribution in [3.8, 4) is 11.5 Å². The van der Waals surface area contributed by atoms with Gasteiger partial charge in [0.1, 0.15) is 11.5 Å². The zero-order chi connectivity index (χ0) is 23.1. The van der Waals surface area contributed by atoms with Crippen LogP contribution in [-0.4, -0.2) is 50.7 Å². The third-order valence-corrected chi connectivity index (χ3v) is 5.94. The number of nitrogens with zero attached hydrogens (tertiary/aromatic N) is 1. The van der Waals surface area contributed by atoms with Crippen LogP contribution < -0.4 is 19.7 Å². The number of ether oxygens (including phenoxy) is 3. The van der Waals surface area contributed by atoms with Crippen molar-refractivity contribution in [2.45, 2.75) is 30.9 Å². The second-order valence-electron chi connectivity index (χ2n) is 7.11. The Bertz CT molecular complexity index is 938. The molecule has 1 heterocycles. The highest BCUT2D eigenvalue weighted by molar-refractivity contribution is 8.00. The summed E-state index contributed by atoms with van der Waals surface area (Å²) in [6.45, 7) is 9.11. The van der Waals surface area contributed by atoms with Crippen LogP contribution in [0.1, 0.15) is 20.8 Å². The first-order valence-electron chi connectivity index (χ1n) is 10.6. The molecule has 9 heteroatoms. The van der Waals surface area contributed by atoms with Crippen molar-refractivity contribution in [1.29, 1.82) is 0 Å². The predicted octanol–water partition coefficient (Wildman–Crippen LogP) is 4.72. The molecule has 0 radical (unpaired) electrons. The highest BCUT2D eigenvalue weighted by Crippen LogP contribution is 2.39. The molecule has 0 aliphatic carbocycles. The second kappa shape index (κ2) is 11.4. The monoisotopic (exact) mass is 466 g/mol. The standard InChI is InChI=1S/C23H28F2N2O4S/c1-4-30-21-14-20(27-8-10-29-11-9-27)22(31-5-2)13-19(21)26-23(28)15(3)32-16-6-7-17(24)18(25)12-16/h6-7,12-15H,4-5,8-11H2,1-3H3,(H,26,28)/t15-/m1/s1. The van der Waals surface area contributed by atoms with Gasteiger partial charge in [0.2, 0.25) is 5.91 Å². The summed E-state index contributed by atoms with van der Waals surface area (Å²) < 4.78 is 43.8. The number of carbonyl (C=O) groups is 1. The normalized spacial score (nSPS) is 14.7. The molecule has 0 saturated carbocycles. The van der Waals surface area contributed by atoms with Gasteiger partial charge in [-0.1, -0.05) is 0 Å². The lowest BCUT2D eigenvalue weighted by Crippen LogP contribution is -2.36. The number of rotatable bonds is 9. The Kier molecular flexibility index (Phi) is 8.58. The first-order valence-corrected chi connectivity index (χ1v) is 11.5. The number of nitrogens with one attached hydrogen (secondary N) is 1. The first kappa shape index (κ1) is 24.1. The summed E-state index contributed by atoms with van der Waals surface area (Å²) in [6, 6.07) is 7.23. The number of thioether (sulfide) groups is 1. The fourth-order valence-electron chi connectivity index (χ4n) is 3.29. The highest BCUT2D eigenvalue weighted by Gasteiger charge is 2.22. The van der Waals surface area contributed by atoms with Crippen LogP contribution in [0.5, 0.6) is 11.5 Å². The Labute approximate surface area is 191 Å². The molecule has 1 aliphatic heterocycles. The lowest BCUT2D eigenvalue weighted by atomic mass is 10.2. The van der Waals surface area contributed by atoms with Gasteiger partial charge in [0.25, 0.3) is 0 Å². The predicted molar refractivity (Wildman–Crippen MR) is 122 cm³/mol. The smallest absolute Gasteiger partial charge is 0.237 e. The summed E-state index contributed by atoms with van der Waals surface area (Å²) in [5, 5.41) is 2.34. The molecule has 1 atom stereocenters. The first-order chi connectivity index (χ1) is 15.4. The van der Waals surface area contributed by atoms with Crippen molar-refractivity contribution in [3.05, 3.63) is 42.0 Å². The van der Waals surface area contributed by atoms with E-state index in [9.17, 15) is 13.6 Å². The molecular formula is C23H28F2N2O4S. The molecular weight excluding hydrogens is 438 g/mol. The Morgan fingerprint density at radius 1 is 1.09 bits per heavy atom. The minimum Gasteiger partial charge on any atom is -0.492 e. The van der Waals surface area contributed by atoms with E-state index in [1.54, 1.807) is 13.0 Å². The van der Waals surface area contributed by atoms with Crippen molar-refractivity contribution in [2.24, 2.45) is 0 Å². The summed E-state index contributed by atoms with van der Waals surface area (Å²) >= 11 is 1.14. The number of anilines is 2. The molecule has 3 rings (SSSR count). The third-order valence-electron chi connectivity index (χ3n) is 4.84. The number of amides is 1. The van der Waals surface area contributed by atoms with Gasteiger partial charge in [-0.2, -0.15) is 0 Å². The van der Waals surface area contributed by atoms with Crippen molar-refractivity contribution in [1.82, 2.24) is 0 Å². The number of morpholine rings is 1. The minimum atomic E-state index is -0.943. The van der Waals surface area contributed by atoms with Gasteiger partial charge in [-0.3, -0.25) is 4.79 Å². The summed E-state index contributed by atoms with van der Waals surface area (Å²) in [7, 11) is 0. The summed E-state index contributed by atoms with van der Waals surface area (Å²) in [6.07, 6.45) is 0. The maximum atomic E-state index is 13.5. The van der Waals surface area contributed by atoms with Gasteiger partial charge in [0.05, 0.1) is 43.1 Å². The van der Waals surface area contributed by atoms with Gasteiger partial charge in [-0.15, -0.1) is 11.8 Å². The Balaban J connectivity index is 1.82. The molecule has 2 aromatic carbocycles. The van der Waals surface area contributed by atoms with E-state index in [-0.39, 0.29) is 5.91 Å². The molecule has 1 fully saturated rings. The zero-order valence-electron chi connectivity index (χ0n) is 18.5. The number of carbonyl (C=O) groups excluding carboxylic acids is 1. The number of benzene rings is 2. The van der Waals surface area contributed by atoms with Gasteiger partial charge < -0.3 is 24.4 Å². The van der Waals surface area contributed by atoms with Crippen LogP contribution in [0, 0.1) is 11.6 Å². The van der Waals surface area contributed by atoms with Crippen molar-refractivity contribution < 1.29 is 27.8 Å². The summed E-state index contributed by atoms with van der Waals surface area (Å²) in [4.78, 5) is 15.5. The summed E-state index contributed by atoms with van der Waals surface area (Å²) in [5.74, 6) is -0.968. The van der Waals surface area contributed by atoms with Crippen LogP contribution in [0.3, 0.4) is 0 Å². The van der Waals surface area contributed by atoms with Gasteiger partial charge in [-0.05, 0) is 39.0 Å². The molecule has 6 nitrogen and oxygen atoms in total. The fraction of sp³-hybridized carbons (Fsp3) is 0.435. The molecule has 1 amide bonds. The maximum absolute atomic E-state index is 13.5. The topological polar surface area (TPSA) is 60.0 Å². The second-order valence-corrected chi connectivity index (χ2v) is 8.52. The van der Waals surface area contributed by atoms with E-state index in [0.29, 0.717) is 48.5 Å². The zero-order valence-corrected chi connectivity index (χ0v) is 19.3. The lowest BCUT2D eigenvalue weighted by Gasteiger charge is -2.31. The number of hydrogen-bond acceptors (Lipinski definition) is 6. The molecule has 0 bridgehead atoms. The van der Waals surface area contributed by atoms with E-state index in [1.165, 1.54) is 6.07 Å². The maximum Gasteiger partial charge on any atom is 0.237 e.